The third-order valence-electron chi connectivity index (χ3n) is 1.87. The van der Waals surface area contributed by atoms with Crippen LogP contribution in [0.2, 0.25) is 0 Å². The van der Waals surface area contributed by atoms with Crippen LogP contribution in [0.15, 0.2) is 24.4 Å². The molecule has 0 atom stereocenters. The molecule has 1 aromatic rings. The van der Waals surface area contributed by atoms with Crippen molar-refractivity contribution in [3.63, 3.8) is 0 Å². The van der Waals surface area contributed by atoms with Gasteiger partial charge in [-0.1, -0.05) is 40.2 Å². The van der Waals surface area contributed by atoms with Crippen LogP contribution in [0.1, 0.15) is 39.8 Å². The minimum atomic E-state index is 0.542. The average Bonchev–Trinajstić information content (AvgIpc) is 2.06. The van der Waals surface area contributed by atoms with Crippen molar-refractivity contribution in [3.05, 3.63) is 30.1 Å². The molecule has 0 N–H and O–H groups in total. The Labute approximate surface area is 82.2 Å². The molecule has 0 aliphatic rings. The van der Waals surface area contributed by atoms with Crippen LogP contribution in [-0.2, 0) is 0 Å². The van der Waals surface area contributed by atoms with Crippen molar-refractivity contribution in [2.75, 3.05) is 0 Å². The van der Waals surface area contributed by atoms with Crippen LogP contribution in [-0.4, -0.2) is 4.98 Å². The standard InChI is InChI=1S/C6H7N.C6H14/c1-6-4-2-3-5-7-6;1-5-6(2,3)4/h2-5H,1H3;5H2,1-4H3. The summed E-state index contributed by atoms with van der Waals surface area (Å²) in [4.78, 5) is 3.98. The summed E-state index contributed by atoms with van der Waals surface area (Å²) in [5, 5.41) is 0. The predicted molar refractivity (Wildman–Crippen MR) is 58.7 cm³/mol. The topological polar surface area (TPSA) is 12.9 Å². The molecule has 0 aliphatic heterocycles. The van der Waals surface area contributed by atoms with Crippen molar-refractivity contribution in [2.45, 2.75) is 41.0 Å². The molecule has 0 amide bonds. The summed E-state index contributed by atoms with van der Waals surface area (Å²) < 4.78 is 0. The van der Waals surface area contributed by atoms with Gasteiger partial charge in [-0.2, -0.15) is 0 Å². The van der Waals surface area contributed by atoms with Crippen LogP contribution in [0.5, 0.6) is 0 Å². The van der Waals surface area contributed by atoms with Crippen molar-refractivity contribution in [1.29, 1.82) is 0 Å². The third kappa shape index (κ3) is 9.06. The maximum absolute atomic E-state index is 3.98. The fraction of sp³-hybridized carbons (Fsp3) is 0.583. The summed E-state index contributed by atoms with van der Waals surface area (Å²) in [6.45, 7) is 10.9. The van der Waals surface area contributed by atoms with E-state index in [4.69, 9.17) is 0 Å². The van der Waals surface area contributed by atoms with Gasteiger partial charge < -0.3 is 0 Å². The first-order chi connectivity index (χ1) is 5.95. The van der Waals surface area contributed by atoms with Gasteiger partial charge >= 0.3 is 0 Å². The van der Waals surface area contributed by atoms with E-state index in [0.29, 0.717) is 5.41 Å². The third-order valence-corrected chi connectivity index (χ3v) is 1.87. The second-order valence-electron chi connectivity index (χ2n) is 4.39. The number of rotatable bonds is 0. The van der Waals surface area contributed by atoms with Crippen molar-refractivity contribution >= 4 is 0 Å². The van der Waals surface area contributed by atoms with Crippen LogP contribution in [0, 0.1) is 12.3 Å². The number of pyridine rings is 1. The van der Waals surface area contributed by atoms with Crippen molar-refractivity contribution in [2.24, 2.45) is 5.41 Å². The lowest BCUT2D eigenvalue weighted by Crippen LogP contribution is -2.00. The Hall–Kier alpha value is -0.850. The maximum Gasteiger partial charge on any atom is 0.0372 e. The van der Waals surface area contributed by atoms with E-state index in [9.17, 15) is 0 Å². The maximum atomic E-state index is 3.98. The molecule has 0 saturated carbocycles. The number of aryl methyl sites for hydroxylation is 1. The molecule has 0 bridgehead atoms. The number of nitrogens with zero attached hydrogens (tertiary/aromatic N) is 1. The van der Waals surface area contributed by atoms with Gasteiger partial charge in [-0.15, -0.1) is 0 Å². The summed E-state index contributed by atoms with van der Waals surface area (Å²) in [6, 6.07) is 5.86. The zero-order chi connectivity index (χ0) is 10.3. The molecule has 1 aromatic heterocycles. The molecule has 1 nitrogen and oxygen atoms in total. The van der Waals surface area contributed by atoms with Crippen molar-refractivity contribution in [3.8, 4) is 0 Å². The predicted octanol–water partition coefficient (Wildman–Crippen LogP) is 3.83. The Kier molecular flexibility index (Phi) is 5.36. The Morgan fingerprint density at radius 2 is 1.77 bits per heavy atom. The highest BCUT2D eigenvalue weighted by atomic mass is 14.6. The first-order valence-electron chi connectivity index (χ1n) is 4.83. The summed E-state index contributed by atoms with van der Waals surface area (Å²) in [6.07, 6.45) is 3.06. The number of aromatic nitrogens is 1. The molecule has 0 saturated heterocycles. The molecule has 1 rings (SSSR count). The van der Waals surface area contributed by atoms with Crippen molar-refractivity contribution < 1.29 is 0 Å². The zero-order valence-corrected chi connectivity index (χ0v) is 9.46. The summed E-state index contributed by atoms with van der Waals surface area (Å²) in [7, 11) is 0. The molecule has 0 radical (unpaired) electrons. The lowest BCUT2D eigenvalue weighted by molar-refractivity contribution is 0.398. The van der Waals surface area contributed by atoms with E-state index >= 15 is 0 Å². The second kappa shape index (κ2) is 5.74. The molecule has 0 aliphatic carbocycles. The first kappa shape index (κ1) is 12.2. The lowest BCUT2D eigenvalue weighted by Gasteiger charge is -2.12. The molecule has 0 fully saturated rings. The van der Waals surface area contributed by atoms with Gasteiger partial charge in [-0.25, -0.2) is 0 Å². The van der Waals surface area contributed by atoms with Crippen LogP contribution in [0.4, 0.5) is 0 Å². The monoisotopic (exact) mass is 179 g/mol. The molecular weight excluding hydrogens is 158 g/mol. The zero-order valence-electron chi connectivity index (χ0n) is 9.46. The largest absolute Gasteiger partial charge is 0.262 e. The minimum Gasteiger partial charge on any atom is -0.262 e. The molecule has 0 aromatic carbocycles. The average molecular weight is 179 g/mol. The van der Waals surface area contributed by atoms with Crippen LogP contribution >= 0.6 is 0 Å². The second-order valence-corrected chi connectivity index (χ2v) is 4.39. The number of hydrogen-bond donors (Lipinski definition) is 0. The Morgan fingerprint density at radius 1 is 1.23 bits per heavy atom. The summed E-state index contributed by atoms with van der Waals surface area (Å²) in [5.41, 5.74) is 1.61. The van der Waals surface area contributed by atoms with Gasteiger partial charge in [0.05, 0.1) is 0 Å². The van der Waals surface area contributed by atoms with Gasteiger partial charge in [0.1, 0.15) is 0 Å². The molecule has 1 heterocycles. The van der Waals surface area contributed by atoms with Gasteiger partial charge in [0.25, 0.3) is 0 Å². The molecule has 1 heteroatoms. The highest BCUT2D eigenvalue weighted by molar-refractivity contribution is 4.99. The van der Waals surface area contributed by atoms with Crippen LogP contribution in [0.3, 0.4) is 0 Å². The van der Waals surface area contributed by atoms with E-state index in [1.807, 2.05) is 25.1 Å². The van der Waals surface area contributed by atoms with Gasteiger partial charge in [0.15, 0.2) is 0 Å². The van der Waals surface area contributed by atoms with E-state index in [2.05, 4.69) is 32.7 Å². The van der Waals surface area contributed by atoms with E-state index < -0.39 is 0 Å². The Balaban J connectivity index is 0.000000226. The SMILES string of the molecule is CCC(C)(C)C.Cc1ccccn1. The fourth-order valence-electron chi connectivity index (χ4n) is 0.448. The normalized spacial score (nSPS) is 10.2. The van der Waals surface area contributed by atoms with Crippen molar-refractivity contribution in [1.82, 2.24) is 4.98 Å². The van der Waals surface area contributed by atoms with Gasteiger partial charge in [0.2, 0.25) is 0 Å². The van der Waals surface area contributed by atoms with E-state index in [1.54, 1.807) is 6.20 Å². The lowest BCUT2D eigenvalue weighted by atomic mass is 9.94. The smallest absolute Gasteiger partial charge is 0.0372 e. The first-order valence-corrected chi connectivity index (χ1v) is 4.83. The van der Waals surface area contributed by atoms with E-state index in [1.165, 1.54) is 6.42 Å². The van der Waals surface area contributed by atoms with Gasteiger partial charge in [-0.3, -0.25) is 4.98 Å². The molecule has 13 heavy (non-hydrogen) atoms. The van der Waals surface area contributed by atoms with E-state index in [-0.39, 0.29) is 0 Å². The fourth-order valence-corrected chi connectivity index (χ4v) is 0.448. The Morgan fingerprint density at radius 3 is 1.92 bits per heavy atom. The minimum absolute atomic E-state index is 0.542. The molecule has 0 spiro atoms. The molecular formula is C12H21N. The highest BCUT2D eigenvalue weighted by Crippen LogP contribution is 2.16. The van der Waals surface area contributed by atoms with Crippen LogP contribution in [0.25, 0.3) is 0 Å². The summed E-state index contributed by atoms with van der Waals surface area (Å²) >= 11 is 0. The molecule has 0 unspecified atom stereocenters. The van der Waals surface area contributed by atoms with Crippen LogP contribution < -0.4 is 0 Å². The van der Waals surface area contributed by atoms with Gasteiger partial charge in [0, 0.05) is 11.9 Å². The summed E-state index contributed by atoms with van der Waals surface area (Å²) in [5.74, 6) is 0. The number of hydrogen-bond acceptors (Lipinski definition) is 1. The van der Waals surface area contributed by atoms with Gasteiger partial charge in [-0.05, 0) is 24.5 Å². The molecule has 74 valence electrons. The Bertz CT molecular complexity index is 208. The highest BCUT2D eigenvalue weighted by Gasteiger charge is 2.03. The van der Waals surface area contributed by atoms with E-state index in [0.717, 1.165) is 5.69 Å². The quantitative estimate of drug-likeness (QED) is 0.589.